The second-order valence-corrected chi connectivity index (χ2v) is 5.21. The second-order valence-electron chi connectivity index (χ2n) is 5.21. The maximum atomic E-state index is 5.55. The zero-order chi connectivity index (χ0) is 13.8. The minimum Gasteiger partial charge on any atom is -0.497 e. The molecule has 4 heteroatoms. The van der Waals surface area contributed by atoms with Crippen LogP contribution in [0.4, 0.5) is 0 Å². The van der Waals surface area contributed by atoms with Crippen LogP contribution >= 0.6 is 0 Å². The molecule has 3 rings (SSSR count). The molecule has 0 aliphatic carbocycles. The van der Waals surface area contributed by atoms with Crippen molar-refractivity contribution in [2.45, 2.75) is 32.4 Å². The summed E-state index contributed by atoms with van der Waals surface area (Å²) in [4.78, 5) is 4.58. The van der Waals surface area contributed by atoms with Gasteiger partial charge in [-0.3, -0.25) is 0 Å². The number of aryl methyl sites for hydroxylation is 1. The highest BCUT2D eigenvalue weighted by atomic mass is 16.5. The van der Waals surface area contributed by atoms with Crippen LogP contribution in [0.25, 0.3) is 11.0 Å². The van der Waals surface area contributed by atoms with Gasteiger partial charge in [0.15, 0.2) is 0 Å². The van der Waals surface area contributed by atoms with E-state index in [9.17, 15) is 0 Å². The van der Waals surface area contributed by atoms with Gasteiger partial charge in [-0.05, 0) is 38.0 Å². The molecule has 0 radical (unpaired) electrons. The lowest BCUT2D eigenvalue weighted by atomic mass is 10.1. The molecule has 1 aromatic heterocycles. The fraction of sp³-hybridized carbons (Fsp3) is 0.438. The molecule has 1 aromatic carbocycles. The van der Waals surface area contributed by atoms with E-state index >= 15 is 0 Å². The van der Waals surface area contributed by atoms with Crippen molar-refractivity contribution < 1.29 is 4.74 Å². The zero-order valence-electron chi connectivity index (χ0n) is 11.9. The fourth-order valence-corrected chi connectivity index (χ4v) is 2.67. The molecule has 1 aliphatic rings. The molecular formula is C16H21N3O. The van der Waals surface area contributed by atoms with E-state index in [1.165, 1.54) is 5.52 Å². The molecule has 1 N–H and O–H groups in total. The molecule has 2 heterocycles. The van der Waals surface area contributed by atoms with Crippen LogP contribution in [-0.4, -0.2) is 28.7 Å². The molecular weight excluding hydrogens is 250 g/mol. The van der Waals surface area contributed by atoms with Gasteiger partial charge in [-0.25, -0.2) is 4.98 Å². The third kappa shape index (κ3) is 2.85. The number of nitrogens with one attached hydrogen (secondary N) is 1. The number of nitrogens with zero attached hydrogens (tertiary/aromatic N) is 2. The predicted octanol–water partition coefficient (Wildman–Crippen LogP) is 2.63. The molecule has 4 nitrogen and oxygen atoms in total. The average molecular weight is 271 g/mol. The van der Waals surface area contributed by atoms with Crippen molar-refractivity contribution in [1.82, 2.24) is 14.9 Å². The highest BCUT2D eigenvalue weighted by molar-refractivity contribution is 5.75. The van der Waals surface area contributed by atoms with Gasteiger partial charge < -0.3 is 14.6 Å². The summed E-state index contributed by atoms with van der Waals surface area (Å²) in [5.41, 5.74) is 2.29. The number of allylic oxidation sites excluding steroid dienone is 1. The predicted molar refractivity (Wildman–Crippen MR) is 80.6 cm³/mol. The van der Waals surface area contributed by atoms with E-state index in [2.05, 4.69) is 46.1 Å². The van der Waals surface area contributed by atoms with Gasteiger partial charge in [-0.2, -0.15) is 0 Å². The van der Waals surface area contributed by atoms with Crippen molar-refractivity contribution in [2.24, 2.45) is 0 Å². The number of fused-ring (bicyclic) bond motifs is 1. The van der Waals surface area contributed by atoms with Gasteiger partial charge >= 0.3 is 0 Å². The van der Waals surface area contributed by atoms with Crippen molar-refractivity contribution in [3.63, 3.8) is 0 Å². The van der Waals surface area contributed by atoms with Crippen LogP contribution in [0.5, 0.6) is 0 Å². The Morgan fingerprint density at radius 2 is 2.30 bits per heavy atom. The summed E-state index contributed by atoms with van der Waals surface area (Å²) in [5.74, 6) is 1.07. The number of hydrogen-bond acceptors (Lipinski definition) is 3. The fourth-order valence-electron chi connectivity index (χ4n) is 2.67. The quantitative estimate of drug-likeness (QED) is 0.850. The molecule has 0 amide bonds. The average Bonchev–Trinajstić information content (AvgIpc) is 2.80. The number of hydrogen-bond donors (Lipinski definition) is 1. The SMILES string of the molecule is Cc1nc2ccccc2n1CCNC[C@H]1CCC=CO1. The molecule has 106 valence electrons. The van der Waals surface area contributed by atoms with Crippen LogP contribution < -0.4 is 5.32 Å². The van der Waals surface area contributed by atoms with Gasteiger partial charge in [-0.15, -0.1) is 0 Å². The van der Waals surface area contributed by atoms with E-state index in [4.69, 9.17) is 4.74 Å². The topological polar surface area (TPSA) is 39.1 Å². The Morgan fingerprint density at radius 3 is 3.15 bits per heavy atom. The van der Waals surface area contributed by atoms with Crippen LogP contribution in [0.3, 0.4) is 0 Å². The number of ether oxygens (including phenoxy) is 1. The summed E-state index contributed by atoms with van der Waals surface area (Å²) >= 11 is 0. The van der Waals surface area contributed by atoms with Gasteiger partial charge in [0.05, 0.1) is 17.3 Å². The third-order valence-electron chi connectivity index (χ3n) is 3.75. The highest BCUT2D eigenvalue weighted by Gasteiger charge is 2.10. The Labute approximate surface area is 119 Å². The summed E-state index contributed by atoms with van der Waals surface area (Å²) in [5, 5.41) is 3.48. The third-order valence-corrected chi connectivity index (χ3v) is 3.75. The minimum absolute atomic E-state index is 0.320. The van der Waals surface area contributed by atoms with Crippen LogP contribution in [0.1, 0.15) is 18.7 Å². The first-order chi connectivity index (χ1) is 9.84. The number of imidazole rings is 1. The molecule has 0 bridgehead atoms. The van der Waals surface area contributed by atoms with E-state index in [1.807, 2.05) is 12.3 Å². The molecule has 0 spiro atoms. The lowest BCUT2D eigenvalue weighted by molar-refractivity contribution is 0.122. The van der Waals surface area contributed by atoms with E-state index in [0.717, 1.165) is 43.8 Å². The number of rotatable bonds is 5. The van der Waals surface area contributed by atoms with Crippen molar-refractivity contribution in [3.8, 4) is 0 Å². The van der Waals surface area contributed by atoms with E-state index in [1.54, 1.807) is 0 Å². The first-order valence-electron chi connectivity index (χ1n) is 7.27. The summed E-state index contributed by atoms with van der Waals surface area (Å²) in [6.45, 7) is 4.85. The maximum absolute atomic E-state index is 5.55. The molecule has 2 aromatic rings. The standard InChI is InChI=1S/C16H21N3O/c1-13-18-15-7-2-3-8-16(15)19(13)10-9-17-12-14-6-4-5-11-20-14/h2-3,5,7-8,11,14,17H,4,6,9-10,12H2,1H3/t14-/m1/s1. The van der Waals surface area contributed by atoms with Crippen molar-refractivity contribution in [2.75, 3.05) is 13.1 Å². The molecule has 1 atom stereocenters. The monoisotopic (exact) mass is 271 g/mol. The Morgan fingerprint density at radius 1 is 1.40 bits per heavy atom. The van der Waals surface area contributed by atoms with Crippen LogP contribution in [0.2, 0.25) is 0 Å². The first kappa shape index (κ1) is 13.2. The molecule has 20 heavy (non-hydrogen) atoms. The second kappa shape index (κ2) is 6.09. The van der Waals surface area contributed by atoms with Gasteiger partial charge in [0.2, 0.25) is 0 Å². The smallest absolute Gasteiger partial charge is 0.110 e. The van der Waals surface area contributed by atoms with Gasteiger partial charge in [0.25, 0.3) is 0 Å². The van der Waals surface area contributed by atoms with E-state index < -0.39 is 0 Å². The Hall–Kier alpha value is -1.81. The normalized spacial score (nSPS) is 18.4. The van der Waals surface area contributed by atoms with Crippen LogP contribution in [-0.2, 0) is 11.3 Å². The molecule has 1 aliphatic heterocycles. The van der Waals surface area contributed by atoms with Crippen molar-refractivity contribution in [1.29, 1.82) is 0 Å². The van der Waals surface area contributed by atoms with E-state index in [0.29, 0.717) is 6.10 Å². The Bertz CT molecular complexity index is 603. The summed E-state index contributed by atoms with van der Waals surface area (Å²) < 4.78 is 7.81. The van der Waals surface area contributed by atoms with Crippen LogP contribution in [0, 0.1) is 6.92 Å². The highest BCUT2D eigenvalue weighted by Crippen LogP contribution is 2.15. The largest absolute Gasteiger partial charge is 0.497 e. The van der Waals surface area contributed by atoms with E-state index in [-0.39, 0.29) is 0 Å². The summed E-state index contributed by atoms with van der Waals surface area (Å²) in [6.07, 6.45) is 6.45. The molecule has 0 saturated heterocycles. The number of para-hydroxylation sites is 2. The van der Waals surface area contributed by atoms with Crippen molar-refractivity contribution >= 4 is 11.0 Å². The Kier molecular flexibility index (Phi) is 4.02. The zero-order valence-corrected chi connectivity index (χ0v) is 11.9. The maximum Gasteiger partial charge on any atom is 0.110 e. The van der Waals surface area contributed by atoms with Crippen LogP contribution in [0.15, 0.2) is 36.6 Å². The van der Waals surface area contributed by atoms with Gasteiger partial charge in [0, 0.05) is 19.6 Å². The summed E-state index contributed by atoms with van der Waals surface area (Å²) in [7, 11) is 0. The van der Waals surface area contributed by atoms with Gasteiger partial charge in [-0.1, -0.05) is 12.1 Å². The Balaban J connectivity index is 1.54. The number of benzene rings is 1. The lowest BCUT2D eigenvalue weighted by Gasteiger charge is -2.19. The van der Waals surface area contributed by atoms with Gasteiger partial charge in [0.1, 0.15) is 11.9 Å². The summed E-state index contributed by atoms with van der Waals surface area (Å²) in [6, 6.07) is 8.29. The molecule has 0 saturated carbocycles. The number of aromatic nitrogens is 2. The lowest BCUT2D eigenvalue weighted by Crippen LogP contribution is -2.31. The molecule has 0 unspecified atom stereocenters. The van der Waals surface area contributed by atoms with Crippen molar-refractivity contribution in [3.05, 3.63) is 42.4 Å². The molecule has 0 fully saturated rings. The minimum atomic E-state index is 0.320. The first-order valence-corrected chi connectivity index (χ1v) is 7.27.